The minimum absolute atomic E-state index is 0.00997. The first kappa shape index (κ1) is 46.1. The number of fused-ring (bicyclic) bond motifs is 1. The number of phosphoric ester groups is 2. The van der Waals surface area contributed by atoms with Crippen LogP contribution in [0.2, 0.25) is 0 Å². The Morgan fingerprint density at radius 1 is 0.862 bits per heavy atom. The third-order valence-electron chi connectivity index (χ3n) is 8.27. The molecule has 2 aromatic heterocycles. The molecule has 34 heteroatoms. The number of rotatable bonds is 17. The van der Waals surface area contributed by atoms with Crippen LogP contribution in [0.3, 0.4) is 0 Å². The van der Waals surface area contributed by atoms with E-state index in [0.29, 0.717) is 4.57 Å². The average molecular weight is 914 g/mol. The van der Waals surface area contributed by atoms with Crippen LogP contribution in [0.4, 0.5) is 17.5 Å². The van der Waals surface area contributed by atoms with Gasteiger partial charge in [0.2, 0.25) is 5.95 Å². The molecule has 326 valence electrons. The lowest BCUT2D eigenvalue weighted by molar-refractivity contribution is -0.0542. The van der Waals surface area contributed by atoms with Crippen LogP contribution in [0.25, 0.3) is 6.08 Å². The summed E-state index contributed by atoms with van der Waals surface area (Å²) in [7, 11) is -21.5. The number of nitrogen functional groups attached to an aromatic ring is 1. The van der Waals surface area contributed by atoms with E-state index in [-0.39, 0.29) is 36.2 Å². The molecule has 2 fully saturated rings. The van der Waals surface area contributed by atoms with Crippen LogP contribution < -0.4 is 38.1 Å². The maximum Gasteiger partial charge on any atom is 0.490 e. The number of H-pyrrole nitrogens is 2. The van der Waals surface area contributed by atoms with Gasteiger partial charge in [0.15, 0.2) is 18.3 Å². The van der Waals surface area contributed by atoms with Crippen LogP contribution >= 0.6 is 31.3 Å². The number of aromatic nitrogens is 4. The second-order valence-electron chi connectivity index (χ2n) is 12.3. The van der Waals surface area contributed by atoms with Gasteiger partial charge in [0.1, 0.15) is 42.3 Å². The summed E-state index contributed by atoms with van der Waals surface area (Å²) >= 11 is 0. The zero-order chi connectivity index (χ0) is 43.1. The molecule has 0 aromatic carbocycles. The van der Waals surface area contributed by atoms with Gasteiger partial charge in [0.25, 0.3) is 11.1 Å². The molecule has 0 amide bonds. The lowest BCUT2D eigenvalue weighted by atomic mass is 10.1. The molecule has 7 unspecified atom stereocenters. The zero-order valence-corrected chi connectivity index (χ0v) is 33.2. The number of aromatic amines is 2. The summed E-state index contributed by atoms with van der Waals surface area (Å²) in [6.07, 6.45) is -9.43. The molecule has 5 heterocycles. The van der Waals surface area contributed by atoms with Crippen LogP contribution in [0, 0.1) is 0 Å². The van der Waals surface area contributed by atoms with Crippen molar-refractivity contribution in [3.63, 3.8) is 0 Å². The van der Waals surface area contributed by atoms with Gasteiger partial charge in [-0.2, -0.15) is 17.9 Å². The minimum Gasteiger partial charge on any atom is -0.387 e. The molecule has 2 aromatic rings. The van der Waals surface area contributed by atoms with Gasteiger partial charge < -0.3 is 70.4 Å². The van der Waals surface area contributed by atoms with Gasteiger partial charge in [0, 0.05) is 26.9 Å². The average Bonchev–Trinajstić information content (AvgIpc) is 3.69. The van der Waals surface area contributed by atoms with Gasteiger partial charge in [0.05, 0.1) is 25.4 Å². The first-order chi connectivity index (χ1) is 26.9. The Hall–Kier alpha value is -3.02. The van der Waals surface area contributed by atoms with Gasteiger partial charge in [-0.05, 0) is 0 Å². The van der Waals surface area contributed by atoms with Crippen LogP contribution in [-0.4, -0.2) is 138 Å². The van der Waals surface area contributed by atoms with Gasteiger partial charge >= 0.3 is 37.0 Å². The third kappa shape index (κ3) is 10.5. The highest BCUT2D eigenvalue weighted by molar-refractivity contribution is 7.69. The summed E-state index contributed by atoms with van der Waals surface area (Å²) in [6, 6.07) is 0. The summed E-state index contributed by atoms with van der Waals surface area (Å²) in [6.45, 7) is -2.29. The highest BCUT2D eigenvalue weighted by atomic mass is 31.3. The number of methoxy groups -OCH3 is 1. The molecule has 5 rings (SSSR count). The van der Waals surface area contributed by atoms with E-state index in [2.05, 4.69) is 31.9 Å². The number of ether oxygens (including phenoxy) is 3. The van der Waals surface area contributed by atoms with Crippen molar-refractivity contribution in [1.82, 2.24) is 19.5 Å². The molecule has 0 bridgehead atoms. The Balaban J connectivity index is 1.16. The first-order valence-corrected chi connectivity index (χ1v) is 22.1. The normalized spacial score (nSPS) is 30.2. The molecule has 2 saturated heterocycles. The number of aliphatic hydroxyl groups excluding tert-OH is 3. The fourth-order valence-electron chi connectivity index (χ4n) is 5.89. The number of hydrogen-bond acceptors (Lipinski definition) is 23. The molecular weight excluding hydrogens is 876 g/mol. The number of nitrogens with zero attached hydrogens (tertiary/aromatic N) is 4. The van der Waals surface area contributed by atoms with Crippen molar-refractivity contribution in [2.75, 3.05) is 56.1 Å². The van der Waals surface area contributed by atoms with E-state index < -0.39 is 110 Å². The van der Waals surface area contributed by atoms with Crippen molar-refractivity contribution in [3.8, 4) is 0 Å². The number of aliphatic hydroxyl groups is 3. The Kier molecular flexibility index (Phi) is 13.9. The Labute approximate surface area is 323 Å². The number of nitrogens with one attached hydrogen (secondary N) is 2. The van der Waals surface area contributed by atoms with E-state index in [9.17, 15) is 67.5 Å². The Morgan fingerprint density at radius 3 is 2.02 bits per heavy atom. The molecule has 3 aliphatic rings. The quantitative estimate of drug-likeness (QED) is 0.0680. The molecule has 0 saturated carbocycles. The fourth-order valence-corrected chi connectivity index (χ4v) is 10.8. The first-order valence-electron chi connectivity index (χ1n) is 16.1. The van der Waals surface area contributed by atoms with E-state index in [4.69, 9.17) is 25.7 Å². The second kappa shape index (κ2) is 17.5. The summed E-state index contributed by atoms with van der Waals surface area (Å²) in [5.41, 5.74) is 8.43. The van der Waals surface area contributed by atoms with Crippen LogP contribution in [0.1, 0.15) is 11.8 Å². The Morgan fingerprint density at radius 2 is 1.43 bits per heavy atom. The molecule has 3 aliphatic heterocycles. The minimum atomic E-state index is -6.26. The molecule has 13 N–H and O–H groups in total. The van der Waals surface area contributed by atoms with Gasteiger partial charge in [-0.25, -0.2) is 23.1 Å². The standard InChI is InChI=1S/C24H38N8O22P4/c1-30-9-32(18-13(30)20(37)28-23(26)27-18)22-16(35)17(47-2)12(51-22)8-49-56(41,42)53-58(45,46)54-57(43,44)52-55(39,40)48-7-11-14(33)15(34)21(50-11)31-6-10(4-3-5-25)19(36)29-24(31)38/h3-4,6,11-12,14-17,21-22,33-35H,5,7-9,25H2,1-2H3,(H,39,40)(H,41,42)(H,43,44)(H,45,46)(H,29,36,38)(H3,26,27,28,37)/t11-,12-,14+,15?,16?,17?,21-,22-/m1/s1. The van der Waals surface area contributed by atoms with E-state index in [0.717, 1.165) is 13.3 Å². The van der Waals surface area contributed by atoms with Crippen LogP contribution in [-0.2, 0) is 54.5 Å². The van der Waals surface area contributed by atoms with Crippen molar-refractivity contribution in [2.45, 2.75) is 49.1 Å². The van der Waals surface area contributed by atoms with Gasteiger partial charge in [-0.3, -0.25) is 33.2 Å². The lowest BCUT2D eigenvalue weighted by Crippen LogP contribution is -2.46. The number of phosphoric acid groups is 4. The van der Waals surface area contributed by atoms with Gasteiger partial charge in [-0.15, -0.1) is 0 Å². The predicted octanol–water partition coefficient (Wildman–Crippen LogP) is -3.71. The highest BCUT2D eigenvalue weighted by Gasteiger charge is 2.52. The molecule has 0 aliphatic carbocycles. The number of hydrogen-bond donors (Lipinski definition) is 11. The van der Waals surface area contributed by atoms with Crippen LogP contribution in [0.15, 0.2) is 26.7 Å². The predicted molar refractivity (Wildman–Crippen MR) is 190 cm³/mol. The van der Waals surface area contributed by atoms with Crippen molar-refractivity contribution in [1.29, 1.82) is 0 Å². The third-order valence-corrected chi connectivity index (χ3v) is 14.2. The van der Waals surface area contributed by atoms with Gasteiger partial charge in [-0.1, -0.05) is 12.2 Å². The highest BCUT2D eigenvalue weighted by Crippen LogP contribution is 2.71. The second-order valence-corrected chi connectivity index (χ2v) is 18.6. The summed E-state index contributed by atoms with van der Waals surface area (Å²) in [5, 5.41) is 31.8. The summed E-state index contributed by atoms with van der Waals surface area (Å²) in [4.78, 5) is 88.0. The summed E-state index contributed by atoms with van der Waals surface area (Å²) < 4.78 is 87.8. The Bertz CT molecular complexity index is 2260. The van der Waals surface area contributed by atoms with E-state index in [1.54, 1.807) is 0 Å². The lowest BCUT2D eigenvalue weighted by Gasteiger charge is -2.27. The maximum absolute atomic E-state index is 12.6. The fraction of sp³-hybridized carbons (Fsp3) is 0.583. The molecule has 58 heavy (non-hydrogen) atoms. The zero-order valence-electron chi connectivity index (χ0n) is 29.7. The van der Waals surface area contributed by atoms with Crippen molar-refractivity contribution in [3.05, 3.63) is 49.0 Å². The van der Waals surface area contributed by atoms with E-state index in [1.807, 2.05) is 4.98 Å². The van der Waals surface area contributed by atoms with Crippen LogP contribution in [0.5, 0.6) is 0 Å². The maximum atomic E-state index is 12.6. The largest absolute Gasteiger partial charge is 0.490 e. The smallest absolute Gasteiger partial charge is 0.387 e. The summed E-state index contributed by atoms with van der Waals surface area (Å²) in [5.74, 6) is -0.249. The van der Waals surface area contributed by atoms with E-state index >= 15 is 0 Å². The van der Waals surface area contributed by atoms with Crippen molar-refractivity contribution >= 4 is 54.8 Å². The topological polar surface area (TPSA) is 443 Å². The van der Waals surface area contributed by atoms with Crippen molar-refractivity contribution in [2.24, 2.45) is 5.73 Å². The SMILES string of the molecule is COC1C(O)[C@H](N2CN(C)c3c2nc(N)[nH]c3=O)O[C@@H]1COP(=O)(O)OP(=O)(O)OP(=O)(O)OP(=O)(O)OC[C@H]1O[C@@H](n2cc(C=CCN)c(=O)[nH]c2=O)C(O)[C@H]1O. The molecule has 12 atom stereocenters. The van der Waals surface area contributed by atoms with E-state index in [1.165, 1.54) is 29.0 Å². The van der Waals surface area contributed by atoms with Crippen molar-refractivity contribution < 1.29 is 89.3 Å². The number of nitrogens with two attached hydrogens (primary N) is 2. The molecule has 0 spiro atoms. The number of anilines is 3. The monoisotopic (exact) mass is 914 g/mol. The molecule has 0 radical (unpaired) electrons. The molecular formula is C24H38N8O22P4. The molecule has 30 nitrogen and oxygen atoms in total.